The van der Waals surface area contributed by atoms with Crippen molar-refractivity contribution in [2.24, 2.45) is 5.73 Å². The van der Waals surface area contributed by atoms with Gasteiger partial charge in [-0.1, -0.05) is 43.7 Å². The molecule has 2 aromatic rings. The fraction of sp³-hybridized carbons (Fsp3) is 0.458. The van der Waals surface area contributed by atoms with Crippen LogP contribution in [0.25, 0.3) is 0 Å². The molecule has 4 heteroatoms. The van der Waals surface area contributed by atoms with Gasteiger partial charge in [0.1, 0.15) is 0 Å². The van der Waals surface area contributed by atoms with E-state index in [-0.39, 0.29) is 5.91 Å². The number of hydrogen-bond donors (Lipinski definition) is 1. The van der Waals surface area contributed by atoms with Crippen LogP contribution in [0.15, 0.2) is 48.5 Å². The molecule has 0 bridgehead atoms. The minimum absolute atomic E-state index is 0.0638. The molecule has 4 nitrogen and oxygen atoms in total. The predicted octanol–water partition coefficient (Wildman–Crippen LogP) is 4.89. The van der Waals surface area contributed by atoms with Crippen LogP contribution in [0.4, 0.5) is 11.4 Å². The van der Waals surface area contributed by atoms with Gasteiger partial charge < -0.3 is 15.5 Å². The van der Waals surface area contributed by atoms with Gasteiger partial charge in [-0.3, -0.25) is 4.79 Å². The first-order valence-corrected chi connectivity index (χ1v) is 10.5. The number of carbonyl (C=O) groups excluding carboxylic acids is 1. The van der Waals surface area contributed by atoms with Gasteiger partial charge in [0.05, 0.1) is 12.6 Å². The third-order valence-corrected chi connectivity index (χ3v) is 4.94. The maximum absolute atomic E-state index is 12.6. The molecule has 0 aliphatic heterocycles. The Balaban J connectivity index is 0.00000136. The van der Waals surface area contributed by atoms with E-state index in [0.717, 1.165) is 17.8 Å². The Labute approximate surface area is 170 Å². The van der Waals surface area contributed by atoms with Crippen molar-refractivity contribution in [3.63, 3.8) is 0 Å². The third-order valence-electron chi connectivity index (χ3n) is 4.94. The van der Waals surface area contributed by atoms with Crippen LogP contribution in [0.2, 0.25) is 0 Å². The van der Waals surface area contributed by atoms with Crippen LogP contribution in [0.3, 0.4) is 0 Å². The highest BCUT2D eigenvalue weighted by molar-refractivity contribution is 5.96. The Morgan fingerprint density at radius 2 is 1.57 bits per heavy atom. The van der Waals surface area contributed by atoms with E-state index in [1.165, 1.54) is 24.1 Å². The lowest BCUT2D eigenvalue weighted by Gasteiger charge is -2.26. The van der Waals surface area contributed by atoms with Gasteiger partial charge in [0.15, 0.2) is 0 Å². The van der Waals surface area contributed by atoms with Gasteiger partial charge in [0.25, 0.3) is 0 Å². The molecule has 0 saturated heterocycles. The minimum Gasteiger partial charge on any atom is -0.369 e. The summed E-state index contributed by atoms with van der Waals surface area (Å²) in [5, 5.41) is 0. The summed E-state index contributed by atoms with van der Waals surface area (Å²) in [6, 6.07) is 16.8. The van der Waals surface area contributed by atoms with Crippen molar-refractivity contribution in [1.82, 2.24) is 0 Å². The van der Waals surface area contributed by atoms with Gasteiger partial charge >= 0.3 is 0 Å². The van der Waals surface area contributed by atoms with E-state index in [9.17, 15) is 4.79 Å². The lowest BCUT2D eigenvalue weighted by Crippen LogP contribution is -2.41. The van der Waals surface area contributed by atoms with Gasteiger partial charge in [-0.15, -0.1) is 0 Å². The van der Waals surface area contributed by atoms with Crippen LogP contribution in [-0.4, -0.2) is 24.5 Å². The molecule has 1 amide bonds. The van der Waals surface area contributed by atoms with Crippen LogP contribution in [0.1, 0.15) is 51.7 Å². The molecule has 2 N–H and O–H groups in total. The summed E-state index contributed by atoms with van der Waals surface area (Å²) >= 11 is 0. The zero-order chi connectivity index (χ0) is 20.7. The van der Waals surface area contributed by atoms with Crippen molar-refractivity contribution in [2.75, 3.05) is 16.3 Å². The zero-order valence-electron chi connectivity index (χ0n) is 18.0. The van der Waals surface area contributed by atoms with Gasteiger partial charge in [-0.25, -0.2) is 0 Å². The Bertz CT molecular complexity index is 733. The fourth-order valence-electron chi connectivity index (χ4n) is 3.28. The Hall–Kier alpha value is -2.33. The predicted molar refractivity (Wildman–Crippen MR) is 120 cm³/mol. The van der Waals surface area contributed by atoms with Crippen molar-refractivity contribution in [2.45, 2.75) is 66.1 Å². The number of aryl methyl sites for hydroxylation is 1. The third kappa shape index (κ3) is 5.59. The topological polar surface area (TPSA) is 49.6 Å². The molecule has 1 aliphatic rings. The summed E-state index contributed by atoms with van der Waals surface area (Å²) in [6.45, 7) is 11.5. The number of benzene rings is 2. The number of nitrogens with two attached hydrogens (primary N) is 1. The van der Waals surface area contributed by atoms with Crippen LogP contribution >= 0.6 is 0 Å². The highest BCUT2D eigenvalue weighted by atomic mass is 16.2. The van der Waals surface area contributed by atoms with Crippen LogP contribution in [0, 0.1) is 6.92 Å². The summed E-state index contributed by atoms with van der Waals surface area (Å²) in [7, 11) is 0. The highest BCUT2D eigenvalue weighted by Gasteiger charge is 2.28. The Morgan fingerprint density at radius 1 is 1.04 bits per heavy atom. The molecular formula is C24H35N3O. The molecule has 0 aromatic heterocycles. The first-order chi connectivity index (χ1) is 13.5. The van der Waals surface area contributed by atoms with Gasteiger partial charge in [-0.05, 0) is 63.4 Å². The smallest absolute Gasteiger partial charge is 0.243 e. The lowest BCUT2D eigenvalue weighted by molar-refractivity contribution is -0.119. The number of rotatable bonds is 7. The van der Waals surface area contributed by atoms with Crippen LogP contribution in [-0.2, 0) is 11.3 Å². The molecular weight excluding hydrogens is 346 g/mol. The van der Waals surface area contributed by atoms with Gasteiger partial charge in [0.2, 0.25) is 5.91 Å². The first kappa shape index (κ1) is 22.0. The summed E-state index contributed by atoms with van der Waals surface area (Å²) in [5.74, 6) is -0.0638. The molecule has 28 heavy (non-hydrogen) atoms. The molecule has 1 aliphatic carbocycles. The highest BCUT2D eigenvalue weighted by Crippen LogP contribution is 2.31. The molecule has 1 saturated carbocycles. The average Bonchev–Trinajstić information content (AvgIpc) is 3.55. The van der Waals surface area contributed by atoms with Gasteiger partial charge in [0, 0.05) is 24.0 Å². The molecule has 2 aromatic carbocycles. The summed E-state index contributed by atoms with van der Waals surface area (Å²) in [5.41, 5.74) is 10.3. The van der Waals surface area contributed by atoms with E-state index in [4.69, 9.17) is 5.73 Å². The number of nitrogens with zero attached hydrogens (tertiary/aromatic N) is 2. The second-order valence-electron chi connectivity index (χ2n) is 7.23. The maximum atomic E-state index is 12.6. The molecule has 0 heterocycles. The standard InChI is InChI=1S/C22H29N3O.C2H6/c1-4-24(20-13-14-20)19-11-7-18(8-12-19)15-25(22(26)17(3)23)21-9-5-16(2)6-10-21;1-2/h5-12,17,20H,4,13-15,23H2,1-3H3;1-2H3. The second kappa shape index (κ2) is 10.3. The lowest BCUT2D eigenvalue weighted by atomic mass is 10.1. The molecule has 152 valence electrons. The number of hydrogen-bond acceptors (Lipinski definition) is 3. The molecule has 0 radical (unpaired) electrons. The zero-order valence-corrected chi connectivity index (χ0v) is 18.0. The fourth-order valence-corrected chi connectivity index (χ4v) is 3.28. The molecule has 1 unspecified atom stereocenters. The van der Waals surface area contributed by atoms with E-state index in [1.54, 1.807) is 11.8 Å². The van der Waals surface area contributed by atoms with E-state index < -0.39 is 6.04 Å². The summed E-state index contributed by atoms with van der Waals surface area (Å²) in [4.78, 5) is 16.9. The second-order valence-corrected chi connectivity index (χ2v) is 7.23. The van der Waals surface area contributed by atoms with Crippen molar-refractivity contribution in [3.05, 3.63) is 59.7 Å². The Kier molecular flexibility index (Phi) is 8.06. The molecule has 1 fully saturated rings. The van der Waals surface area contributed by atoms with Crippen LogP contribution in [0.5, 0.6) is 0 Å². The normalized spacial score (nSPS) is 13.9. The molecule has 3 rings (SSSR count). The summed E-state index contributed by atoms with van der Waals surface area (Å²) in [6.07, 6.45) is 2.58. The summed E-state index contributed by atoms with van der Waals surface area (Å²) < 4.78 is 0. The number of anilines is 2. The van der Waals surface area contributed by atoms with E-state index in [0.29, 0.717) is 12.6 Å². The van der Waals surface area contributed by atoms with E-state index in [1.807, 2.05) is 45.0 Å². The largest absolute Gasteiger partial charge is 0.369 e. The van der Waals surface area contributed by atoms with Crippen molar-refractivity contribution in [1.29, 1.82) is 0 Å². The molecule has 0 spiro atoms. The quantitative estimate of drug-likeness (QED) is 0.743. The molecule has 1 atom stereocenters. The number of amides is 1. The minimum atomic E-state index is -0.527. The number of carbonyl (C=O) groups is 1. The van der Waals surface area contributed by atoms with Crippen molar-refractivity contribution in [3.8, 4) is 0 Å². The first-order valence-electron chi connectivity index (χ1n) is 10.5. The SMILES string of the molecule is CC.CCN(c1ccc(CN(C(=O)C(C)N)c2ccc(C)cc2)cc1)C1CC1. The monoisotopic (exact) mass is 381 g/mol. The van der Waals surface area contributed by atoms with Crippen molar-refractivity contribution >= 4 is 17.3 Å². The average molecular weight is 382 g/mol. The van der Waals surface area contributed by atoms with Crippen LogP contribution < -0.4 is 15.5 Å². The van der Waals surface area contributed by atoms with Crippen molar-refractivity contribution < 1.29 is 4.79 Å². The van der Waals surface area contributed by atoms with Gasteiger partial charge in [-0.2, -0.15) is 0 Å². The van der Waals surface area contributed by atoms with E-state index in [2.05, 4.69) is 36.1 Å². The Morgan fingerprint density at radius 3 is 2.04 bits per heavy atom. The maximum Gasteiger partial charge on any atom is 0.243 e. The van der Waals surface area contributed by atoms with E-state index >= 15 is 0 Å².